The molecule has 0 aliphatic carbocycles. The molecule has 0 spiro atoms. The Morgan fingerprint density at radius 2 is 1.20 bits per heavy atom. The molecule has 0 fully saturated rings. The maximum atomic E-state index is 2.31. The first-order chi connectivity index (χ1) is 9.75. The van der Waals surface area contributed by atoms with Gasteiger partial charge in [-0.15, -0.1) is 0 Å². The maximum absolute atomic E-state index is 2.31. The minimum Gasteiger partial charge on any atom is -0.0616 e. The third kappa shape index (κ3) is 1.48. The molecule has 0 atom stereocenters. The fraction of sp³-hybridized carbons (Fsp3) is 0.100. The fourth-order valence-corrected chi connectivity index (χ4v) is 3.30. The zero-order valence-electron chi connectivity index (χ0n) is 11.8. The van der Waals surface area contributed by atoms with Gasteiger partial charge in [-0.25, -0.2) is 0 Å². The van der Waals surface area contributed by atoms with E-state index in [2.05, 4.69) is 74.5 Å². The number of fused-ring (bicyclic) bond motifs is 6. The molecule has 0 N–H and O–H groups in total. The smallest absolute Gasteiger partial charge is 0.00697 e. The quantitative estimate of drug-likeness (QED) is 0.351. The van der Waals surface area contributed by atoms with E-state index in [1.54, 1.807) is 0 Å². The molecule has 0 heterocycles. The van der Waals surface area contributed by atoms with Gasteiger partial charge in [-0.1, -0.05) is 66.2 Å². The van der Waals surface area contributed by atoms with Gasteiger partial charge in [0.2, 0.25) is 0 Å². The lowest BCUT2D eigenvalue weighted by Gasteiger charge is -2.12. The van der Waals surface area contributed by atoms with Crippen LogP contribution in [0, 0.1) is 13.8 Å². The van der Waals surface area contributed by atoms with E-state index in [9.17, 15) is 0 Å². The molecule has 20 heavy (non-hydrogen) atoms. The number of aryl methyl sites for hydroxylation is 2. The van der Waals surface area contributed by atoms with E-state index >= 15 is 0 Å². The molecule has 0 amide bonds. The van der Waals surface area contributed by atoms with Crippen molar-refractivity contribution in [3.63, 3.8) is 0 Å². The SMILES string of the molecule is Cc1ccc2c3ccccc3c3c(C)cccc3c2c1. The Kier molecular flexibility index (Phi) is 2.34. The summed E-state index contributed by atoms with van der Waals surface area (Å²) in [5, 5.41) is 8.18. The van der Waals surface area contributed by atoms with Crippen LogP contribution in [0.4, 0.5) is 0 Å². The van der Waals surface area contributed by atoms with Crippen molar-refractivity contribution in [2.24, 2.45) is 0 Å². The van der Waals surface area contributed by atoms with Crippen LogP contribution in [0.15, 0.2) is 60.7 Å². The summed E-state index contributed by atoms with van der Waals surface area (Å²) in [5.41, 5.74) is 2.66. The van der Waals surface area contributed by atoms with Crippen molar-refractivity contribution in [3.05, 3.63) is 71.8 Å². The van der Waals surface area contributed by atoms with Gasteiger partial charge in [-0.05, 0) is 51.7 Å². The lowest BCUT2D eigenvalue weighted by atomic mass is 9.91. The lowest BCUT2D eigenvalue weighted by Crippen LogP contribution is -1.86. The summed E-state index contributed by atoms with van der Waals surface area (Å²) in [4.78, 5) is 0. The van der Waals surface area contributed by atoms with Gasteiger partial charge in [0.25, 0.3) is 0 Å². The average Bonchev–Trinajstić information content (AvgIpc) is 2.47. The van der Waals surface area contributed by atoms with Crippen molar-refractivity contribution in [1.82, 2.24) is 0 Å². The van der Waals surface area contributed by atoms with E-state index in [-0.39, 0.29) is 0 Å². The van der Waals surface area contributed by atoms with E-state index in [4.69, 9.17) is 0 Å². The molecule has 4 aromatic rings. The van der Waals surface area contributed by atoms with Crippen molar-refractivity contribution in [1.29, 1.82) is 0 Å². The van der Waals surface area contributed by atoms with Gasteiger partial charge in [-0.2, -0.15) is 0 Å². The van der Waals surface area contributed by atoms with E-state index < -0.39 is 0 Å². The monoisotopic (exact) mass is 256 g/mol. The predicted octanol–water partition coefficient (Wildman–Crippen LogP) is 5.76. The van der Waals surface area contributed by atoms with Crippen molar-refractivity contribution < 1.29 is 0 Å². The molecular weight excluding hydrogens is 240 g/mol. The third-order valence-electron chi connectivity index (χ3n) is 4.22. The third-order valence-corrected chi connectivity index (χ3v) is 4.22. The van der Waals surface area contributed by atoms with Crippen LogP contribution in [0.5, 0.6) is 0 Å². The second-order valence-electron chi connectivity index (χ2n) is 5.59. The molecule has 0 aliphatic rings. The minimum atomic E-state index is 1.32. The van der Waals surface area contributed by atoms with Gasteiger partial charge in [-0.3, -0.25) is 0 Å². The largest absolute Gasteiger partial charge is 0.0616 e. The summed E-state index contributed by atoms with van der Waals surface area (Å²) >= 11 is 0. The fourth-order valence-electron chi connectivity index (χ4n) is 3.30. The summed E-state index contributed by atoms with van der Waals surface area (Å²) in [6.45, 7) is 4.37. The molecule has 0 aromatic heterocycles. The molecule has 0 aliphatic heterocycles. The highest BCUT2D eigenvalue weighted by molar-refractivity contribution is 6.26. The van der Waals surface area contributed by atoms with Crippen LogP contribution in [0.2, 0.25) is 0 Å². The second-order valence-corrected chi connectivity index (χ2v) is 5.59. The highest BCUT2D eigenvalue weighted by Gasteiger charge is 2.09. The Bertz CT molecular complexity index is 962. The van der Waals surface area contributed by atoms with Crippen molar-refractivity contribution in [2.45, 2.75) is 13.8 Å². The number of rotatable bonds is 0. The molecule has 0 heteroatoms. The molecular formula is C20H16. The lowest BCUT2D eigenvalue weighted by molar-refractivity contribution is 1.51. The molecule has 0 radical (unpaired) electrons. The Hall–Kier alpha value is -2.34. The van der Waals surface area contributed by atoms with Gasteiger partial charge >= 0.3 is 0 Å². The Balaban J connectivity index is 2.45. The molecule has 0 saturated heterocycles. The van der Waals surface area contributed by atoms with Crippen molar-refractivity contribution >= 4 is 32.3 Å². The van der Waals surface area contributed by atoms with E-state index in [1.165, 1.54) is 43.4 Å². The molecule has 0 nitrogen and oxygen atoms in total. The zero-order chi connectivity index (χ0) is 13.7. The number of hydrogen-bond acceptors (Lipinski definition) is 0. The topological polar surface area (TPSA) is 0 Å². The average molecular weight is 256 g/mol. The summed E-state index contributed by atoms with van der Waals surface area (Å²) in [6, 6.07) is 22.1. The van der Waals surface area contributed by atoms with Crippen LogP contribution in [0.25, 0.3) is 32.3 Å². The summed E-state index contributed by atoms with van der Waals surface area (Å²) < 4.78 is 0. The van der Waals surface area contributed by atoms with Crippen molar-refractivity contribution in [3.8, 4) is 0 Å². The Morgan fingerprint density at radius 1 is 0.550 bits per heavy atom. The van der Waals surface area contributed by atoms with Gasteiger partial charge in [0, 0.05) is 0 Å². The maximum Gasteiger partial charge on any atom is -0.00697 e. The minimum absolute atomic E-state index is 1.32. The molecule has 0 bridgehead atoms. The molecule has 0 saturated carbocycles. The van der Waals surface area contributed by atoms with Gasteiger partial charge in [0.05, 0.1) is 0 Å². The molecule has 4 aromatic carbocycles. The van der Waals surface area contributed by atoms with Crippen LogP contribution in [0.3, 0.4) is 0 Å². The number of hydrogen-bond donors (Lipinski definition) is 0. The van der Waals surface area contributed by atoms with E-state index in [0.717, 1.165) is 0 Å². The first-order valence-electron chi connectivity index (χ1n) is 7.06. The highest BCUT2D eigenvalue weighted by Crippen LogP contribution is 2.36. The van der Waals surface area contributed by atoms with Crippen LogP contribution in [0.1, 0.15) is 11.1 Å². The molecule has 4 rings (SSSR count). The van der Waals surface area contributed by atoms with Crippen LogP contribution >= 0.6 is 0 Å². The van der Waals surface area contributed by atoms with Crippen LogP contribution in [-0.2, 0) is 0 Å². The highest BCUT2D eigenvalue weighted by atomic mass is 14.1. The Labute approximate surface area is 118 Å². The van der Waals surface area contributed by atoms with E-state index in [0.29, 0.717) is 0 Å². The number of benzene rings is 4. The summed E-state index contributed by atoms with van der Waals surface area (Å²) in [6.07, 6.45) is 0. The van der Waals surface area contributed by atoms with Crippen molar-refractivity contribution in [2.75, 3.05) is 0 Å². The van der Waals surface area contributed by atoms with Gasteiger partial charge < -0.3 is 0 Å². The first-order valence-corrected chi connectivity index (χ1v) is 7.06. The van der Waals surface area contributed by atoms with E-state index in [1.807, 2.05) is 0 Å². The summed E-state index contributed by atoms with van der Waals surface area (Å²) in [7, 11) is 0. The van der Waals surface area contributed by atoms with Gasteiger partial charge in [0.15, 0.2) is 0 Å². The van der Waals surface area contributed by atoms with Crippen LogP contribution in [-0.4, -0.2) is 0 Å². The molecule has 0 unspecified atom stereocenters. The Morgan fingerprint density at radius 3 is 2.05 bits per heavy atom. The molecule has 96 valence electrons. The standard InChI is InChI=1S/C20H16/c1-13-10-11-16-15-7-3-4-8-17(15)20-14(2)6-5-9-18(20)19(16)12-13/h3-12H,1-2H3. The van der Waals surface area contributed by atoms with Crippen LogP contribution < -0.4 is 0 Å². The van der Waals surface area contributed by atoms with Gasteiger partial charge in [0.1, 0.15) is 0 Å². The second kappa shape index (κ2) is 4.08. The first kappa shape index (κ1) is 11.5. The normalized spacial score (nSPS) is 11.5. The summed E-state index contributed by atoms with van der Waals surface area (Å²) in [5.74, 6) is 0. The zero-order valence-corrected chi connectivity index (χ0v) is 11.8. The predicted molar refractivity (Wildman–Crippen MR) is 88.4 cm³/mol.